The van der Waals surface area contributed by atoms with Crippen LogP contribution >= 0.6 is 11.8 Å². The van der Waals surface area contributed by atoms with Crippen LogP contribution in [0.3, 0.4) is 0 Å². The molecule has 0 spiro atoms. The second kappa shape index (κ2) is 10.5. The van der Waals surface area contributed by atoms with Gasteiger partial charge in [0.1, 0.15) is 0 Å². The lowest BCUT2D eigenvalue weighted by atomic mass is 9.97. The Balaban J connectivity index is 3.73. The quantitative estimate of drug-likeness (QED) is 0.575. The normalized spacial score (nSPS) is 17.1. The van der Waals surface area contributed by atoms with E-state index in [1.54, 1.807) is 0 Å². The number of rotatable bonds is 10. The highest BCUT2D eigenvalue weighted by molar-refractivity contribution is 7.99. The van der Waals surface area contributed by atoms with Gasteiger partial charge in [-0.3, -0.25) is 0 Å². The molecule has 3 unspecified atom stereocenters. The minimum atomic E-state index is 0.674. The summed E-state index contributed by atoms with van der Waals surface area (Å²) in [5, 5.41) is 3.78. The van der Waals surface area contributed by atoms with Crippen LogP contribution in [0.4, 0.5) is 0 Å². The molecule has 1 nitrogen and oxygen atoms in total. The predicted molar refractivity (Wildman–Crippen MR) is 78.4 cm³/mol. The third-order valence-corrected chi connectivity index (χ3v) is 4.23. The molecule has 16 heavy (non-hydrogen) atoms. The summed E-state index contributed by atoms with van der Waals surface area (Å²) in [5.41, 5.74) is 0. The average Bonchev–Trinajstić information content (AvgIpc) is 2.28. The van der Waals surface area contributed by atoms with Crippen LogP contribution in [0.15, 0.2) is 0 Å². The molecule has 0 bridgehead atoms. The van der Waals surface area contributed by atoms with Gasteiger partial charge in [-0.15, -0.1) is 0 Å². The van der Waals surface area contributed by atoms with Crippen molar-refractivity contribution in [1.82, 2.24) is 5.32 Å². The van der Waals surface area contributed by atoms with E-state index in [-0.39, 0.29) is 0 Å². The Kier molecular flexibility index (Phi) is 10.7. The SMILES string of the molecule is CCSCCC(C)NC(CC)CC(C)CC. The number of nitrogens with one attached hydrogen (secondary N) is 1. The zero-order valence-electron chi connectivity index (χ0n) is 11.9. The first-order chi connectivity index (χ1) is 7.63. The molecule has 0 heterocycles. The first-order valence-corrected chi connectivity index (χ1v) is 8.13. The molecule has 0 saturated carbocycles. The van der Waals surface area contributed by atoms with Gasteiger partial charge >= 0.3 is 0 Å². The first-order valence-electron chi connectivity index (χ1n) is 6.97. The topological polar surface area (TPSA) is 12.0 Å². The van der Waals surface area contributed by atoms with E-state index < -0.39 is 0 Å². The molecular weight excluding hydrogens is 214 g/mol. The van der Waals surface area contributed by atoms with Crippen molar-refractivity contribution < 1.29 is 0 Å². The third kappa shape index (κ3) is 8.46. The van der Waals surface area contributed by atoms with Crippen molar-refractivity contribution in [3.8, 4) is 0 Å². The van der Waals surface area contributed by atoms with Gasteiger partial charge in [0.05, 0.1) is 0 Å². The summed E-state index contributed by atoms with van der Waals surface area (Å²) in [6.07, 6.45) is 5.20. The Labute approximate surface area is 107 Å². The van der Waals surface area contributed by atoms with Crippen molar-refractivity contribution in [3.63, 3.8) is 0 Å². The van der Waals surface area contributed by atoms with E-state index in [0.29, 0.717) is 6.04 Å². The van der Waals surface area contributed by atoms with Gasteiger partial charge in [-0.2, -0.15) is 11.8 Å². The molecule has 0 rings (SSSR count). The highest BCUT2D eigenvalue weighted by Gasteiger charge is 2.12. The molecule has 2 heteroatoms. The molecule has 1 N–H and O–H groups in total. The van der Waals surface area contributed by atoms with Crippen molar-refractivity contribution in [2.75, 3.05) is 11.5 Å². The first kappa shape index (κ1) is 16.3. The lowest BCUT2D eigenvalue weighted by Crippen LogP contribution is -2.37. The molecule has 0 fully saturated rings. The standard InChI is InChI=1S/C14H31NS/c1-6-12(4)11-14(7-2)15-13(5)9-10-16-8-3/h12-15H,6-11H2,1-5H3. The molecule has 0 aliphatic heterocycles. The van der Waals surface area contributed by atoms with E-state index in [1.165, 1.54) is 37.2 Å². The van der Waals surface area contributed by atoms with Gasteiger partial charge in [-0.25, -0.2) is 0 Å². The van der Waals surface area contributed by atoms with E-state index in [0.717, 1.165) is 12.0 Å². The van der Waals surface area contributed by atoms with Gasteiger partial charge in [0, 0.05) is 12.1 Å². The van der Waals surface area contributed by atoms with Crippen molar-refractivity contribution >= 4 is 11.8 Å². The maximum absolute atomic E-state index is 3.78. The van der Waals surface area contributed by atoms with Crippen LogP contribution in [0.5, 0.6) is 0 Å². The average molecular weight is 245 g/mol. The van der Waals surface area contributed by atoms with E-state index in [2.05, 4.69) is 39.9 Å². The fourth-order valence-corrected chi connectivity index (χ4v) is 2.70. The lowest BCUT2D eigenvalue weighted by Gasteiger charge is -2.24. The van der Waals surface area contributed by atoms with Crippen LogP contribution in [0.25, 0.3) is 0 Å². The smallest absolute Gasteiger partial charge is 0.00694 e. The fraction of sp³-hybridized carbons (Fsp3) is 1.00. The van der Waals surface area contributed by atoms with Crippen molar-refractivity contribution in [3.05, 3.63) is 0 Å². The minimum absolute atomic E-state index is 0.674. The van der Waals surface area contributed by atoms with Crippen LogP contribution in [0.1, 0.15) is 60.3 Å². The number of hydrogen-bond acceptors (Lipinski definition) is 2. The summed E-state index contributed by atoms with van der Waals surface area (Å²) in [4.78, 5) is 0. The summed E-state index contributed by atoms with van der Waals surface area (Å²) < 4.78 is 0. The van der Waals surface area contributed by atoms with Crippen LogP contribution in [0.2, 0.25) is 0 Å². The molecule has 0 amide bonds. The van der Waals surface area contributed by atoms with E-state index in [4.69, 9.17) is 0 Å². The molecule has 0 aromatic carbocycles. The second-order valence-corrected chi connectivity index (χ2v) is 6.30. The van der Waals surface area contributed by atoms with Gasteiger partial charge in [0.2, 0.25) is 0 Å². The molecule has 3 atom stereocenters. The predicted octanol–water partition coefficient (Wildman–Crippen LogP) is 4.32. The molecule has 0 aromatic heterocycles. The zero-order chi connectivity index (χ0) is 12.4. The Morgan fingerprint density at radius 2 is 1.75 bits per heavy atom. The molecule has 0 radical (unpaired) electrons. The monoisotopic (exact) mass is 245 g/mol. The fourth-order valence-electron chi connectivity index (χ4n) is 1.90. The molecular formula is C14H31NS. The summed E-state index contributed by atoms with van der Waals surface area (Å²) in [7, 11) is 0. The van der Waals surface area contributed by atoms with Gasteiger partial charge in [0.25, 0.3) is 0 Å². The molecule has 0 aliphatic carbocycles. The van der Waals surface area contributed by atoms with Gasteiger partial charge in [0.15, 0.2) is 0 Å². The van der Waals surface area contributed by atoms with Gasteiger partial charge in [-0.05, 0) is 43.6 Å². The van der Waals surface area contributed by atoms with Crippen molar-refractivity contribution in [1.29, 1.82) is 0 Å². The summed E-state index contributed by atoms with van der Waals surface area (Å²) in [5.74, 6) is 3.40. The van der Waals surface area contributed by atoms with Crippen LogP contribution in [-0.4, -0.2) is 23.6 Å². The van der Waals surface area contributed by atoms with Crippen LogP contribution in [0, 0.1) is 5.92 Å². The highest BCUT2D eigenvalue weighted by atomic mass is 32.2. The Morgan fingerprint density at radius 1 is 1.06 bits per heavy atom. The van der Waals surface area contributed by atoms with Crippen molar-refractivity contribution in [2.24, 2.45) is 5.92 Å². The zero-order valence-corrected chi connectivity index (χ0v) is 12.7. The lowest BCUT2D eigenvalue weighted by molar-refractivity contribution is 0.353. The molecule has 98 valence electrons. The van der Waals surface area contributed by atoms with E-state index in [1.807, 2.05) is 11.8 Å². The Hall–Kier alpha value is 0.310. The summed E-state index contributed by atoms with van der Waals surface area (Å²) >= 11 is 2.05. The Morgan fingerprint density at radius 3 is 2.25 bits per heavy atom. The van der Waals surface area contributed by atoms with Crippen molar-refractivity contribution in [2.45, 2.75) is 72.4 Å². The van der Waals surface area contributed by atoms with Gasteiger partial charge in [-0.1, -0.05) is 34.1 Å². The van der Waals surface area contributed by atoms with Crippen LogP contribution < -0.4 is 5.32 Å². The van der Waals surface area contributed by atoms with E-state index >= 15 is 0 Å². The Bertz CT molecular complexity index is 150. The summed E-state index contributed by atoms with van der Waals surface area (Å²) in [6.45, 7) is 11.5. The third-order valence-electron chi connectivity index (χ3n) is 3.30. The molecule has 0 aromatic rings. The second-order valence-electron chi connectivity index (χ2n) is 4.91. The maximum Gasteiger partial charge on any atom is 0.00694 e. The largest absolute Gasteiger partial charge is 0.311 e. The van der Waals surface area contributed by atoms with Crippen LogP contribution in [-0.2, 0) is 0 Å². The molecule has 0 saturated heterocycles. The number of hydrogen-bond donors (Lipinski definition) is 1. The number of thioether (sulfide) groups is 1. The summed E-state index contributed by atoms with van der Waals surface area (Å²) in [6, 6.07) is 1.39. The van der Waals surface area contributed by atoms with E-state index in [9.17, 15) is 0 Å². The molecule has 0 aliphatic rings. The van der Waals surface area contributed by atoms with Gasteiger partial charge < -0.3 is 5.32 Å². The maximum atomic E-state index is 3.78. The highest BCUT2D eigenvalue weighted by Crippen LogP contribution is 2.13. The minimum Gasteiger partial charge on any atom is -0.311 e.